The normalized spacial score (nSPS) is 22.6. The topological polar surface area (TPSA) is 80.5 Å². The van der Waals surface area contributed by atoms with Gasteiger partial charge in [-0.15, -0.1) is 0 Å². The Labute approximate surface area is 118 Å². The van der Waals surface area contributed by atoms with Gasteiger partial charge in [0, 0.05) is 30.9 Å². The van der Waals surface area contributed by atoms with Crippen molar-refractivity contribution in [3.05, 3.63) is 23.9 Å². The number of carbonyl (C=O) groups excluding carboxylic acids is 1. The number of ether oxygens (including phenoxy) is 1. The average molecular weight is 276 g/mol. The van der Waals surface area contributed by atoms with E-state index in [4.69, 9.17) is 10.5 Å². The predicted molar refractivity (Wildman–Crippen MR) is 75.2 cm³/mol. The molecule has 108 valence electrons. The van der Waals surface area contributed by atoms with Crippen molar-refractivity contribution in [2.24, 2.45) is 5.73 Å². The minimum absolute atomic E-state index is 0.0285. The highest BCUT2D eigenvalue weighted by Gasteiger charge is 2.34. The third kappa shape index (κ3) is 2.76. The summed E-state index contributed by atoms with van der Waals surface area (Å²) in [7, 11) is 0. The molecule has 1 saturated carbocycles. The number of amides is 1. The summed E-state index contributed by atoms with van der Waals surface area (Å²) in [5.74, 6) is 0.829. The second-order valence-corrected chi connectivity index (χ2v) is 5.26. The molecule has 0 radical (unpaired) electrons. The van der Waals surface area contributed by atoms with Crippen LogP contribution in [0.1, 0.15) is 18.4 Å². The Morgan fingerprint density at radius 1 is 1.55 bits per heavy atom. The Kier molecular flexibility index (Phi) is 3.84. The van der Waals surface area contributed by atoms with Crippen molar-refractivity contribution in [1.29, 1.82) is 0 Å². The van der Waals surface area contributed by atoms with Crippen LogP contribution in [0.5, 0.6) is 0 Å². The lowest BCUT2D eigenvalue weighted by Crippen LogP contribution is -2.55. The van der Waals surface area contributed by atoms with Gasteiger partial charge in [0.25, 0.3) is 0 Å². The molecule has 6 heteroatoms. The van der Waals surface area contributed by atoms with Crippen molar-refractivity contribution in [3.8, 4) is 0 Å². The third-order valence-corrected chi connectivity index (χ3v) is 3.71. The standard InChI is InChI=1S/C14H20N4O2/c15-8-10-2-1-5-16-13(10)18-6-7-20-9-12(18)14(19)17-11-3-4-11/h1-2,5,11-12H,3-4,6-9,15H2,(H,17,19). The van der Waals surface area contributed by atoms with E-state index in [2.05, 4.69) is 10.3 Å². The Bertz CT molecular complexity index is 490. The Hall–Kier alpha value is -1.66. The molecule has 2 aliphatic rings. The average Bonchev–Trinajstić information content (AvgIpc) is 3.31. The van der Waals surface area contributed by atoms with E-state index < -0.39 is 0 Å². The molecule has 1 amide bonds. The molecule has 1 atom stereocenters. The van der Waals surface area contributed by atoms with Crippen LogP contribution in [0.15, 0.2) is 18.3 Å². The van der Waals surface area contributed by atoms with Crippen molar-refractivity contribution < 1.29 is 9.53 Å². The number of nitrogens with zero attached hydrogens (tertiary/aromatic N) is 2. The van der Waals surface area contributed by atoms with E-state index in [0.29, 0.717) is 32.3 Å². The maximum absolute atomic E-state index is 12.3. The number of pyridine rings is 1. The largest absolute Gasteiger partial charge is 0.377 e. The fraction of sp³-hybridized carbons (Fsp3) is 0.571. The molecule has 6 nitrogen and oxygen atoms in total. The molecule has 1 aromatic rings. The van der Waals surface area contributed by atoms with Gasteiger partial charge in [-0.05, 0) is 18.9 Å². The molecule has 3 rings (SSSR count). The summed E-state index contributed by atoms with van der Waals surface area (Å²) in [4.78, 5) is 18.8. The van der Waals surface area contributed by atoms with Crippen molar-refractivity contribution in [1.82, 2.24) is 10.3 Å². The molecule has 3 N–H and O–H groups in total. The number of carbonyl (C=O) groups is 1. The van der Waals surface area contributed by atoms with Crippen molar-refractivity contribution >= 4 is 11.7 Å². The summed E-state index contributed by atoms with van der Waals surface area (Å²) in [6.07, 6.45) is 3.90. The lowest BCUT2D eigenvalue weighted by Gasteiger charge is -2.36. The minimum Gasteiger partial charge on any atom is -0.377 e. The maximum atomic E-state index is 12.3. The van der Waals surface area contributed by atoms with Crippen molar-refractivity contribution in [2.75, 3.05) is 24.7 Å². The molecule has 1 unspecified atom stereocenters. The van der Waals surface area contributed by atoms with Crippen LogP contribution in [0, 0.1) is 0 Å². The van der Waals surface area contributed by atoms with Gasteiger partial charge in [-0.25, -0.2) is 4.98 Å². The molecule has 1 aliphatic heterocycles. The zero-order valence-corrected chi connectivity index (χ0v) is 11.4. The van der Waals surface area contributed by atoms with Gasteiger partial charge in [0.15, 0.2) is 0 Å². The second-order valence-electron chi connectivity index (χ2n) is 5.26. The quantitative estimate of drug-likeness (QED) is 0.810. The van der Waals surface area contributed by atoms with Crippen LogP contribution >= 0.6 is 0 Å². The van der Waals surface area contributed by atoms with Gasteiger partial charge in [0.05, 0.1) is 13.2 Å². The number of aromatic nitrogens is 1. The number of nitrogens with one attached hydrogen (secondary N) is 1. The van der Waals surface area contributed by atoms with Gasteiger partial charge in [-0.2, -0.15) is 0 Å². The number of nitrogens with two attached hydrogens (primary N) is 1. The fourth-order valence-electron chi connectivity index (χ4n) is 2.45. The summed E-state index contributed by atoms with van der Waals surface area (Å²) in [6, 6.07) is 3.85. The van der Waals surface area contributed by atoms with Gasteiger partial charge >= 0.3 is 0 Å². The second kappa shape index (κ2) is 5.76. The highest BCUT2D eigenvalue weighted by molar-refractivity contribution is 5.86. The molecular weight excluding hydrogens is 256 g/mol. The van der Waals surface area contributed by atoms with Crippen LogP contribution in [0.3, 0.4) is 0 Å². The molecule has 0 spiro atoms. The fourth-order valence-corrected chi connectivity index (χ4v) is 2.45. The third-order valence-electron chi connectivity index (χ3n) is 3.71. The number of hydrogen-bond donors (Lipinski definition) is 2. The highest BCUT2D eigenvalue weighted by Crippen LogP contribution is 2.23. The Balaban J connectivity index is 1.82. The number of anilines is 1. The van der Waals surface area contributed by atoms with Crippen LogP contribution in [-0.4, -0.2) is 42.7 Å². The Morgan fingerprint density at radius 3 is 3.15 bits per heavy atom. The molecule has 2 heterocycles. The van der Waals surface area contributed by atoms with E-state index in [1.54, 1.807) is 6.20 Å². The summed E-state index contributed by atoms with van der Waals surface area (Å²) in [5, 5.41) is 3.04. The van der Waals surface area contributed by atoms with E-state index in [0.717, 1.165) is 24.2 Å². The van der Waals surface area contributed by atoms with E-state index >= 15 is 0 Å². The molecule has 1 aromatic heterocycles. The van der Waals surface area contributed by atoms with Crippen LogP contribution in [0.2, 0.25) is 0 Å². The highest BCUT2D eigenvalue weighted by atomic mass is 16.5. The smallest absolute Gasteiger partial charge is 0.245 e. The SMILES string of the molecule is NCc1cccnc1N1CCOCC1C(=O)NC1CC1. The van der Waals surface area contributed by atoms with E-state index in [-0.39, 0.29) is 11.9 Å². The van der Waals surface area contributed by atoms with Gasteiger partial charge in [0.2, 0.25) is 5.91 Å². The number of hydrogen-bond acceptors (Lipinski definition) is 5. The molecule has 1 aliphatic carbocycles. The molecule has 2 fully saturated rings. The monoisotopic (exact) mass is 276 g/mol. The summed E-state index contributed by atoms with van der Waals surface area (Å²) in [5.41, 5.74) is 6.73. The van der Waals surface area contributed by atoms with Crippen LogP contribution in [0.4, 0.5) is 5.82 Å². The zero-order chi connectivity index (χ0) is 13.9. The molecule has 20 heavy (non-hydrogen) atoms. The minimum atomic E-state index is -0.315. The van der Waals surface area contributed by atoms with Gasteiger partial charge in [-0.1, -0.05) is 6.07 Å². The Morgan fingerprint density at radius 2 is 2.40 bits per heavy atom. The molecule has 0 aromatic carbocycles. The van der Waals surface area contributed by atoms with E-state index in [9.17, 15) is 4.79 Å². The summed E-state index contributed by atoms with van der Waals surface area (Å²) < 4.78 is 5.47. The number of morpholine rings is 1. The molecule has 0 bridgehead atoms. The van der Waals surface area contributed by atoms with E-state index in [1.165, 1.54) is 0 Å². The van der Waals surface area contributed by atoms with Crippen LogP contribution in [0.25, 0.3) is 0 Å². The molecular formula is C14H20N4O2. The molecule has 1 saturated heterocycles. The summed E-state index contributed by atoms with van der Waals surface area (Å²) >= 11 is 0. The first-order valence-electron chi connectivity index (χ1n) is 7.08. The van der Waals surface area contributed by atoms with E-state index in [1.807, 2.05) is 17.0 Å². The zero-order valence-electron chi connectivity index (χ0n) is 11.4. The lowest BCUT2D eigenvalue weighted by atomic mass is 10.1. The first-order valence-corrected chi connectivity index (χ1v) is 7.08. The first kappa shape index (κ1) is 13.3. The van der Waals surface area contributed by atoms with Crippen molar-refractivity contribution in [3.63, 3.8) is 0 Å². The van der Waals surface area contributed by atoms with Crippen LogP contribution < -0.4 is 16.0 Å². The van der Waals surface area contributed by atoms with Gasteiger partial charge < -0.3 is 20.7 Å². The first-order chi connectivity index (χ1) is 9.79. The maximum Gasteiger partial charge on any atom is 0.245 e. The van der Waals surface area contributed by atoms with Crippen LogP contribution in [-0.2, 0) is 16.1 Å². The summed E-state index contributed by atoms with van der Waals surface area (Å²) in [6.45, 7) is 2.08. The lowest BCUT2D eigenvalue weighted by molar-refractivity contribution is -0.124. The van der Waals surface area contributed by atoms with Gasteiger partial charge in [0.1, 0.15) is 11.9 Å². The number of rotatable bonds is 4. The van der Waals surface area contributed by atoms with Crippen molar-refractivity contribution in [2.45, 2.75) is 31.5 Å². The predicted octanol–water partition coefficient (Wildman–Crippen LogP) is 0.0241. The van der Waals surface area contributed by atoms with Gasteiger partial charge in [-0.3, -0.25) is 4.79 Å².